The summed E-state index contributed by atoms with van der Waals surface area (Å²) in [6.45, 7) is 1.71. The van der Waals surface area contributed by atoms with E-state index in [1.165, 1.54) is 6.08 Å². The van der Waals surface area contributed by atoms with Crippen molar-refractivity contribution in [3.8, 4) is 0 Å². The average Bonchev–Trinajstić information content (AvgIpc) is 3.05. The van der Waals surface area contributed by atoms with E-state index in [2.05, 4.69) is 0 Å². The van der Waals surface area contributed by atoms with Gasteiger partial charge in [0.2, 0.25) is 0 Å². The second kappa shape index (κ2) is 4.47. The van der Waals surface area contributed by atoms with Crippen LogP contribution in [0.4, 0.5) is 0 Å². The normalized spacial score (nSPS) is 23.1. The molecule has 0 aliphatic heterocycles. The van der Waals surface area contributed by atoms with Crippen LogP contribution < -0.4 is 0 Å². The van der Waals surface area contributed by atoms with E-state index in [9.17, 15) is 9.59 Å². The smallest absolute Gasteiger partial charge is 0.186 e. The highest BCUT2D eigenvalue weighted by atomic mass is 16.1. The monoisotopic (exact) mass is 250 g/mol. The van der Waals surface area contributed by atoms with E-state index >= 15 is 0 Å². The zero-order valence-electron chi connectivity index (χ0n) is 10.7. The van der Waals surface area contributed by atoms with E-state index in [4.69, 9.17) is 0 Å². The SMILES string of the molecule is CC1=CC(=O)C(C2C=CC=C2)=C(C2C=CC=C2)C1=O. The lowest BCUT2D eigenvalue weighted by atomic mass is 9.78. The van der Waals surface area contributed by atoms with E-state index in [1.54, 1.807) is 6.92 Å². The molecule has 3 aliphatic rings. The van der Waals surface area contributed by atoms with Crippen molar-refractivity contribution in [2.45, 2.75) is 6.92 Å². The van der Waals surface area contributed by atoms with Crippen molar-refractivity contribution < 1.29 is 9.59 Å². The van der Waals surface area contributed by atoms with Gasteiger partial charge in [0.1, 0.15) is 0 Å². The molecule has 3 aliphatic carbocycles. The first-order valence-electron chi connectivity index (χ1n) is 6.40. The summed E-state index contributed by atoms with van der Waals surface area (Å²) in [6.07, 6.45) is 17.0. The van der Waals surface area contributed by atoms with Crippen molar-refractivity contribution in [1.29, 1.82) is 0 Å². The Morgan fingerprint density at radius 3 is 1.79 bits per heavy atom. The maximum atomic E-state index is 12.4. The second-order valence-electron chi connectivity index (χ2n) is 4.94. The lowest BCUT2D eigenvalue weighted by molar-refractivity contribution is -0.116. The molecule has 0 N–H and O–H groups in total. The van der Waals surface area contributed by atoms with Crippen LogP contribution in [0.3, 0.4) is 0 Å². The molecule has 0 aromatic rings. The van der Waals surface area contributed by atoms with Gasteiger partial charge in [-0.3, -0.25) is 9.59 Å². The largest absolute Gasteiger partial charge is 0.290 e. The number of Topliss-reactive ketones (excluding diaryl/α,β-unsaturated/α-hetero) is 1. The number of carbonyl (C=O) groups is 2. The topological polar surface area (TPSA) is 34.1 Å². The van der Waals surface area contributed by atoms with Crippen molar-refractivity contribution >= 4 is 11.6 Å². The van der Waals surface area contributed by atoms with Crippen molar-refractivity contribution in [3.05, 3.63) is 71.4 Å². The molecule has 0 fully saturated rings. The minimum atomic E-state index is -0.0718. The van der Waals surface area contributed by atoms with Crippen molar-refractivity contribution in [2.75, 3.05) is 0 Å². The van der Waals surface area contributed by atoms with Gasteiger partial charge in [0.25, 0.3) is 0 Å². The molecule has 0 radical (unpaired) electrons. The van der Waals surface area contributed by atoms with Crippen molar-refractivity contribution in [1.82, 2.24) is 0 Å². The van der Waals surface area contributed by atoms with Crippen LogP contribution in [0.25, 0.3) is 0 Å². The van der Waals surface area contributed by atoms with E-state index in [0.29, 0.717) is 16.7 Å². The van der Waals surface area contributed by atoms with Crippen LogP contribution in [-0.2, 0) is 9.59 Å². The van der Waals surface area contributed by atoms with Crippen LogP contribution in [0.1, 0.15) is 6.92 Å². The summed E-state index contributed by atoms with van der Waals surface area (Å²) in [6, 6.07) is 0. The van der Waals surface area contributed by atoms with Gasteiger partial charge < -0.3 is 0 Å². The van der Waals surface area contributed by atoms with Crippen molar-refractivity contribution in [2.24, 2.45) is 11.8 Å². The van der Waals surface area contributed by atoms with E-state index in [0.717, 1.165) is 0 Å². The molecular formula is C17H14O2. The molecule has 2 nitrogen and oxygen atoms in total. The third kappa shape index (κ3) is 1.89. The van der Waals surface area contributed by atoms with Crippen LogP contribution >= 0.6 is 0 Å². The Bertz CT molecular complexity index is 612. The van der Waals surface area contributed by atoms with Crippen LogP contribution in [0.2, 0.25) is 0 Å². The zero-order chi connectivity index (χ0) is 13.4. The van der Waals surface area contributed by atoms with Gasteiger partial charge in [-0.05, 0) is 13.0 Å². The first kappa shape index (κ1) is 11.8. The van der Waals surface area contributed by atoms with Gasteiger partial charge in [0, 0.05) is 28.6 Å². The predicted molar refractivity (Wildman–Crippen MR) is 74.3 cm³/mol. The third-order valence-corrected chi connectivity index (χ3v) is 3.67. The minimum Gasteiger partial charge on any atom is -0.290 e. The summed E-state index contributed by atoms with van der Waals surface area (Å²) in [5.41, 5.74) is 1.79. The molecule has 0 amide bonds. The molecule has 94 valence electrons. The van der Waals surface area contributed by atoms with Gasteiger partial charge in [-0.1, -0.05) is 48.6 Å². The number of carbonyl (C=O) groups excluding carboxylic acids is 2. The molecule has 0 aromatic heterocycles. The minimum absolute atomic E-state index is 0.00972. The molecule has 2 heteroatoms. The Morgan fingerprint density at radius 2 is 1.26 bits per heavy atom. The predicted octanol–water partition coefficient (Wildman–Crippen LogP) is 2.87. The first-order valence-corrected chi connectivity index (χ1v) is 6.40. The van der Waals surface area contributed by atoms with Gasteiger partial charge in [0.15, 0.2) is 11.6 Å². The zero-order valence-corrected chi connectivity index (χ0v) is 10.7. The third-order valence-electron chi connectivity index (χ3n) is 3.67. The van der Waals surface area contributed by atoms with Gasteiger partial charge >= 0.3 is 0 Å². The van der Waals surface area contributed by atoms with E-state index < -0.39 is 0 Å². The summed E-state index contributed by atoms with van der Waals surface area (Å²) in [7, 11) is 0. The molecule has 0 spiro atoms. The number of hydrogen-bond acceptors (Lipinski definition) is 2. The molecule has 0 aromatic carbocycles. The fourth-order valence-corrected chi connectivity index (χ4v) is 2.73. The summed E-state index contributed by atoms with van der Waals surface area (Å²) in [5, 5.41) is 0. The quantitative estimate of drug-likeness (QED) is 0.706. The Hall–Kier alpha value is -2.22. The number of ketones is 2. The van der Waals surface area contributed by atoms with E-state index in [1.807, 2.05) is 48.6 Å². The summed E-state index contributed by atoms with van der Waals surface area (Å²) < 4.78 is 0. The highest BCUT2D eigenvalue weighted by Crippen LogP contribution is 2.34. The average molecular weight is 250 g/mol. The number of hydrogen-bond donors (Lipinski definition) is 0. The molecule has 0 saturated heterocycles. The van der Waals surface area contributed by atoms with Crippen molar-refractivity contribution in [3.63, 3.8) is 0 Å². The molecule has 0 atom stereocenters. The second-order valence-corrected chi connectivity index (χ2v) is 4.94. The Kier molecular flexibility index (Phi) is 2.79. The molecule has 0 bridgehead atoms. The first-order chi connectivity index (χ1) is 9.18. The Balaban J connectivity index is 2.15. The summed E-state index contributed by atoms with van der Waals surface area (Å²) in [5.74, 6) is -0.192. The summed E-state index contributed by atoms with van der Waals surface area (Å²) in [4.78, 5) is 24.7. The van der Waals surface area contributed by atoms with Gasteiger partial charge in [-0.2, -0.15) is 0 Å². The lowest BCUT2D eigenvalue weighted by Crippen LogP contribution is -2.24. The molecule has 0 saturated carbocycles. The molecular weight excluding hydrogens is 236 g/mol. The summed E-state index contributed by atoms with van der Waals surface area (Å²) >= 11 is 0. The maximum Gasteiger partial charge on any atom is 0.186 e. The molecule has 0 heterocycles. The van der Waals surface area contributed by atoms with Gasteiger partial charge in [0.05, 0.1) is 0 Å². The fraction of sp³-hybridized carbons (Fsp3) is 0.176. The molecule has 0 unspecified atom stereocenters. The number of rotatable bonds is 2. The van der Waals surface area contributed by atoms with Crippen LogP contribution in [0, 0.1) is 11.8 Å². The Morgan fingerprint density at radius 1 is 0.789 bits per heavy atom. The lowest BCUT2D eigenvalue weighted by Gasteiger charge is -2.22. The van der Waals surface area contributed by atoms with Crippen LogP contribution in [0.15, 0.2) is 71.4 Å². The molecule has 19 heavy (non-hydrogen) atoms. The maximum absolute atomic E-state index is 12.4. The van der Waals surface area contributed by atoms with Gasteiger partial charge in [-0.15, -0.1) is 0 Å². The standard InChI is InChI=1S/C17H14O2/c1-11-10-14(18)15(12-6-2-3-7-12)16(17(11)19)13-8-4-5-9-13/h2-10,12-13H,1H3. The highest BCUT2D eigenvalue weighted by Gasteiger charge is 2.33. The fourth-order valence-electron chi connectivity index (χ4n) is 2.73. The van der Waals surface area contributed by atoms with E-state index in [-0.39, 0.29) is 23.4 Å². The van der Waals surface area contributed by atoms with Crippen LogP contribution in [0.5, 0.6) is 0 Å². The van der Waals surface area contributed by atoms with Gasteiger partial charge in [-0.25, -0.2) is 0 Å². The Labute approximate surface area is 112 Å². The highest BCUT2D eigenvalue weighted by molar-refractivity contribution is 6.23. The van der Waals surface area contributed by atoms with Crippen LogP contribution in [-0.4, -0.2) is 11.6 Å². The number of allylic oxidation sites excluding steroid dienone is 12. The molecule has 3 rings (SSSR count).